The van der Waals surface area contributed by atoms with Crippen LogP contribution < -0.4 is 0 Å². The summed E-state index contributed by atoms with van der Waals surface area (Å²) in [6, 6.07) is 0. The summed E-state index contributed by atoms with van der Waals surface area (Å²) in [6.07, 6.45) is 11.5. The molecule has 1 aromatic rings. The monoisotopic (exact) mass is 257 g/mol. The van der Waals surface area contributed by atoms with Crippen LogP contribution in [-0.2, 0) is 4.79 Å². The highest BCUT2D eigenvalue weighted by molar-refractivity contribution is 5.93. The second kappa shape index (κ2) is 4.84. The summed E-state index contributed by atoms with van der Waals surface area (Å²) in [5.74, 6) is -0.865. The Morgan fingerprint density at radius 1 is 1.21 bits per heavy atom. The lowest BCUT2D eigenvalue weighted by molar-refractivity contribution is -0.132. The first-order chi connectivity index (χ1) is 9.25. The third-order valence-corrected chi connectivity index (χ3v) is 3.69. The van der Waals surface area contributed by atoms with Gasteiger partial charge in [-0.3, -0.25) is 0 Å². The van der Waals surface area contributed by atoms with E-state index in [1.54, 1.807) is 12.4 Å². The van der Waals surface area contributed by atoms with Crippen molar-refractivity contribution in [3.8, 4) is 0 Å². The molecule has 0 saturated carbocycles. The number of carbonyl (C=O) groups is 1. The summed E-state index contributed by atoms with van der Waals surface area (Å²) >= 11 is 0. The van der Waals surface area contributed by atoms with Gasteiger partial charge in [0.05, 0.1) is 23.7 Å². The van der Waals surface area contributed by atoms with E-state index in [9.17, 15) is 9.90 Å². The summed E-state index contributed by atoms with van der Waals surface area (Å²) in [6.45, 7) is 0. The molecule has 2 aliphatic carbocycles. The molecular formula is C14H15N3O2. The average Bonchev–Trinajstić information content (AvgIpc) is 2.85. The van der Waals surface area contributed by atoms with Crippen LogP contribution in [0.5, 0.6) is 0 Å². The summed E-state index contributed by atoms with van der Waals surface area (Å²) in [5, 5.41) is 17.6. The number of carboxylic acid groups (broad SMARTS) is 1. The zero-order valence-corrected chi connectivity index (χ0v) is 10.5. The van der Waals surface area contributed by atoms with E-state index in [1.807, 2.05) is 0 Å². The molecule has 98 valence electrons. The first kappa shape index (κ1) is 11.9. The summed E-state index contributed by atoms with van der Waals surface area (Å²) < 4.78 is 0. The Morgan fingerprint density at radius 3 is 2.74 bits per heavy atom. The smallest absolute Gasteiger partial charge is 0.333 e. The molecule has 0 amide bonds. The first-order valence-electron chi connectivity index (χ1n) is 6.45. The number of allylic oxidation sites excluding steroid dienone is 5. The van der Waals surface area contributed by atoms with Crippen molar-refractivity contribution in [1.29, 1.82) is 0 Å². The lowest BCUT2D eigenvalue weighted by Gasteiger charge is -2.13. The molecule has 0 aromatic carbocycles. The van der Waals surface area contributed by atoms with Gasteiger partial charge in [-0.2, -0.15) is 15.0 Å². The van der Waals surface area contributed by atoms with Gasteiger partial charge < -0.3 is 5.11 Å². The number of nitrogens with zero attached hydrogens (tertiary/aromatic N) is 3. The molecule has 0 fully saturated rings. The molecule has 3 rings (SSSR count). The highest BCUT2D eigenvalue weighted by Gasteiger charge is 2.23. The van der Waals surface area contributed by atoms with E-state index in [1.165, 1.54) is 15.9 Å². The SMILES string of the molecule is O=C(O)C1=C(n2nccn2)CC2=C(CCC=C2)CC1. The molecule has 1 N–H and O–H groups in total. The standard InChI is InChI=1S/C14H15N3O2/c18-14(19)12-6-5-10-3-1-2-4-11(10)9-13(12)17-15-7-8-16-17/h2,4,7-8H,1,3,5-6,9H2,(H,18,19). The van der Waals surface area contributed by atoms with Gasteiger partial charge in [0.1, 0.15) is 0 Å². The maximum absolute atomic E-state index is 11.5. The average molecular weight is 257 g/mol. The molecule has 1 aromatic heterocycles. The van der Waals surface area contributed by atoms with E-state index in [4.69, 9.17) is 0 Å². The van der Waals surface area contributed by atoms with E-state index in [-0.39, 0.29) is 0 Å². The minimum Gasteiger partial charge on any atom is -0.478 e. The second-order valence-corrected chi connectivity index (χ2v) is 4.80. The Hall–Kier alpha value is -2.17. The van der Waals surface area contributed by atoms with Gasteiger partial charge in [-0.1, -0.05) is 17.7 Å². The van der Waals surface area contributed by atoms with Gasteiger partial charge in [0, 0.05) is 6.42 Å². The van der Waals surface area contributed by atoms with Crippen LogP contribution in [0.2, 0.25) is 0 Å². The van der Waals surface area contributed by atoms with Crippen molar-refractivity contribution in [2.75, 3.05) is 0 Å². The molecule has 5 nitrogen and oxygen atoms in total. The molecule has 0 unspecified atom stereocenters. The summed E-state index contributed by atoms with van der Waals surface area (Å²) in [4.78, 5) is 12.9. The molecule has 0 aliphatic heterocycles. The van der Waals surface area contributed by atoms with Crippen molar-refractivity contribution < 1.29 is 9.90 Å². The lowest BCUT2D eigenvalue weighted by atomic mass is 9.93. The normalized spacial score (nSPS) is 19.4. The van der Waals surface area contributed by atoms with Crippen LogP contribution in [0.25, 0.3) is 5.70 Å². The predicted molar refractivity (Wildman–Crippen MR) is 70.1 cm³/mol. The number of carboxylic acids is 1. The van der Waals surface area contributed by atoms with Crippen LogP contribution >= 0.6 is 0 Å². The van der Waals surface area contributed by atoms with Gasteiger partial charge in [-0.05, 0) is 31.3 Å². The Labute approximate surface area is 110 Å². The molecular weight excluding hydrogens is 242 g/mol. The topological polar surface area (TPSA) is 68.0 Å². The van der Waals surface area contributed by atoms with Crippen LogP contribution in [0.1, 0.15) is 32.1 Å². The van der Waals surface area contributed by atoms with Crippen molar-refractivity contribution in [3.63, 3.8) is 0 Å². The molecule has 1 heterocycles. The Morgan fingerprint density at radius 2 is 2.00 bits per heavy atom. The Kier molecular flexibility index (Phi) is 3.03. The second-order valence-electron chi connectivity index (χ2n) is 4.80. The highest BCUT2D eigenvalue weighted by Crippen LogP contribution is 2.35. The van der Waals surface area contributed by atoms with E-state index >= 15 is 0 Å². The molecule has 0 bridgehead atoms. The van der Waals surface area contributed by atoms with E-state index in [0.717, 1.165) is 19.3 Å². The molecule has 0 saturated heterocycles. The lowest BCUT2D eigenvalue weighted by Crippen LogP contribution is -2.10. The third-order valence-electron chi connectivity index (χ3n) is 3.69. The van der Waals surface area contributed by atoms with Crippen molar-refractivity contribution >= 4 is 11.7 Å². The minimum absolute atomic E-state index is 0.430. The molecule has 0 radical (unpaired) electrons. The van der Waals surface area contributed by atoms with Crippen LogP contribution in [0.3, 0.4) is 0 Å². The highest BCUT2D eigenvalue weighted by atomic mass is 16.4. The Bertz CT molecular complexity index is 594. The number of rotatable bonds is 2. The van der Waals surface area contributed by atoms with Crippen molar-refractivity contribution in [2.24, 2.45) is 0 Å². The van der Waals surface area contributed by atoms with Gasteiger partial charge in [0.2, 0.25) is 0 Å². The van der Waals surface area contributed by atoms with Gasteiger partial charge in [-0.15, -0.1) is 0 Å². The van der Waals surface area contributed by atoms with Gasteiger partial charge >= 0.3 is 5.97 Å². The maximum atomic E-state index is 11.5. The van der Waals surface area contributed by atoms with E-state index in [0.29, 0.717) is 24.1 Å². The van der Waals surface area contributed by atoms with Gasteiger partial charge in [0.25, 0.3) is 0 Å². The summed E-state index contributed by atoms with van der Waals surface area (Å²) in [5.41, 5.74) is 3.73. The van der Waals surface area contributed by atoms with Gasteiger partial charge in [-0.25, -0.2) is 4.79 Å². The zero-order chi connectivity index (χ0) is 13.2. The van der Waals surface area contributed by atoms with E-state index < -0.39 is 5.97 Å². The molecule has 19 heavy (non-hydrogen) atoms. The maximum Gasteiger partial charge on any atom is 0.333 e. The van der Waals surface area contributed by atoms with Crippen molar-refractivity contribution in [1.82, 2.24) is 15.0 Å². The third kappa shape index (κ3) is 2.23. The summed E-state index contributed by atoms with van der Waals surface area (Å²) in [7, 11) is 0. The number of aromatic nitrogens is 3. The fourth-order valence-electron chi connectivity index (χ4n) is 2.72. The fourth-order valence-corrected chi connectivity index (χ4v) is 2.72. The van der Waals surface area contributed by atoms with Crippen LogP contribution in [0.4, 0.5) is 0 Å². The van der Waals surface area contributed by atoms with Crippen LogP contribution in [-0.4, -0.2) is 26.1 Å². The van der Waals surface area contributed by atoms with E-state index in [2.05, 4.69) is 22.3 Å². The first-order valence-corrected chi connectivity index (χ1v) is 6.45. The number of hydrogen-bond donors (Lipinski definition) is 1. The van der Waals surface area contributed by atoms with Crippen LogP contribution in [0.15, 0.2) is 41.3 Å². The predicted octanol–water partition coefficient (Wildman–Crippen LogP) is 2.40. The number of aliphatic carboxylic acids is 1. The largest absolute Gasteiger partial charge is 0.478 e. The van der Waals surface area contributed by atoms with Gasteiger partial charge in [0.15, 0.2) is 0 Å². The molecule has 5 heteroatoms. The molecule has 2 aliphatic rings. The fraction of sp³-hybridized carbons (Fsp3) is 0.357. The Balaban J connectivity index is 2.05. The van der Waals surface area contributed by atoms with Crippen molar-refractivity contribution in [3.05, 3.63) is 41.3 Å². The molecule has 0 atom stereocenters. The van der Waals surface area contributed by atoms with Crippen molar-refractivity contribution in [2.45, 2.75) is 32.1 Å². The van der Waals surface area contributed by atoms with Crippen LogP contribution in [0, 0.1) is 0 Å². The zero-order valence-electron chi connectivity index (χ0n) is 10.5. The quantitative estimate of drug-likeness (QED) is 0.883. The number of hydrogen-bond acceptors (Lipinski definition) is 3. The molecule has 0 spiro atoms. The minimum atomic E-state index is -0.865.